The molecule has 148 valence electrons. The molecule has 0 saturated carbocycles. The molecule has 0 amide bonds. The van der Waals surface area contributed by atoms with E-state index in [9.17, 15) is 9.59 Å². The van der Waals surface area contributed by atoms with Crippen molar-refractivity contribution in [1.29, 1.82) is 0 Å². The number of nitrogens with zero attached hydrogens (tertiary/aromatic N) is 6. The minimum atomic E-state index is -0.956. The van der Waals surface area contributed by atoms with Gasteiger partial charge in [0.25, 0.3) is 0 Å². The van der Waals surface area contributed by atoms with Crippen LogP contribution in [0, 0.1) is 26.2 Å². The Labute approximate surface area is 195 Å². The molecule has 0 saturated heterocycles. The Morgan fingerprint density at radius 2 is 1.54 bits per heavy atom. The first-order valence-corrected chi connectivity index (χ1v) is 9.33. The third-order valence-electron chi connectivity index (χ3n) is 2.38. The number of carboxylic acid groups (broad SMARTS) is 1. The minimum Gasteiger partial charge on any atom is -0.477 e. The van der Waals surface area contributed by atoms with Crippen LogP contribution in [0.5, 0.6) is 0 Å². The van der Waals surface area contributed by atoms with E-state index in [2.05, 4.69) is 34.1 Å². The van der Waals surface area contributed by atoms with Crippen molar-refractivity contribution < 1.29 is 49.0 Å². The Balaban J connectivity index is 0. The molecule has 4 N–H and O–H groups in total. The summed E-state index contributed by atoms with van der Waals surface area (Å²) >= 11 is 3.21. The van der Waals surface area contributed by atoms with Crippen LogP contribution >= 0.6 is 34.6 Å². The van der Waals surface area contributed by atoms with E-state index in [1.807, 2.05) is 6.92 Å². The maximum absolute atomic E-state index is 11.0. The van der Waals surface area contributed by atoms with Crippen molar-refractivity contribution in [3.63, 3.8) is 0 Å². The monoisotopic (exact) mass is 455 g/mol. The molecule has 0 atom stereocenters. The summed E-state index contributed by atoms with van der Waals surface area (Å²) in [5, 5.41) is 22.0. The Bertz CT molecular complexity index is 826. The van der Waals surface area contributed by atoms with Gasteiger partial charge in [-0.05, 0) is 43.8 Å². The predicted molar refractivity (Wildman–Crippen MR) is 101 cm³/mol. The molecule has 15 heteroatoms. The molecule has 3 aromatic heterocycles. The number of esters is 1. The normalized spacial score (nSPS) is 8.71. The van der Waals surface area contributed by atoms with E-state index in [0.29, 0.717) is 22.9 Å². The number of carbonyl (C=O) groups excluding carboxylic acids is 1. The zero-order valence-electron chi connectivity index (χ0n) is 16.0. The number of hydrogen-bond acceptors (Lipinski definition) is 13. The van der Waals surface area contributed by atoms with E-state index in [4.69, 9.17) is 9.84 Å². The SMILES string of the molecule is CCOC(=O)c1snnc1C.Cc1[c-]snn1.Cc1nnsc1C(=O)O.N.[Na+]. The van der Waals surface area contributed by atoms with Gasteiger partial charge in [-0.25, -0.2) is 21.1 Å². The van der Waals surface area contributed by atoms with E-state index in [-0.39, 0.29) is 46.6 Å². The zero-order valence-corrected chi connectivity index (χ0v) is 20.4. The van der Waals surface area contributed by atoms with Gasteiger partial charge in [0.2, 0.25) is 0 Å². The van der Waals surface area contributed by atoms with E-state index >= 15 is 0 Å². The fourth-order valence-corrected chi connectivity index (χ4v) is 2.66. The molecule has 0 bridgehead atoms. The van der Waals surface area contributed by atoms with Crippen molar-refractivity contribution in [3.05, 3.63) is 32.2 Å². The molecule has 0 radical (unpaired) electrons. The van der Waals surface area contributed by atoms with Crippen molar-refractivity contribution in [3.8, 4) is 0 Å². The predicted octanol–water partition coefficient (Wildman–Crippen LogP) is -0.619. The van der Waals surface area contributed by atoms with Gasteiger partial charge >= 0.3 is 41.5 Å². The number of rotatable bonds is 3. The summed E-state index contributed by atoms with van der Waals surface area (Å²) in [5.74, 6) is -1.29. The van der Waals surface area contributed by atoms with Crippen LogP contribution in [0.1, 0.15) is 43.3 Å². The van der Waals surface area contributed by atoms with Gasteiger partial charge in [-0.2, -0.15) is 5.10 Å². The van der Waals surface area contributed by atoms with Crippen LogP contribution in [-0.2, 0) is 4.74 Å². The molecule has 3 aromatic rings. The second-order valence-corrected chi connectivity index (χ2v) is 6.42. The van der Waals surface area contributed by atoms with Crippen LogP contribution in [-0.4, -0.2) is 52.4 Å². The van der Waals surface area contributed by atoms with E-state index in [1.165, 1.54) is 11.5 Å². The number of ether oxygens (including phenoxy) is 1. The van der Waals surface area contributed by atoms with Gasteiger partial charge in [-0.3, -0.25) is 0 Å². The Morgan fingerprint density at radius 3 is 1.79 bits per heavy atom. The fraction of sp³-hybridized carbons (Fsp3) is 0.385. The number of aryl methyl sites for hydroxylation is 3. The molecule has 11 nitrogen and oxygen atoms in total. The van der Waals surface area contributed by atoms with Gasteiger partial charge in [0.05, 0.1) is 18.0 Å². The van der Waals surface area contributed by atoms with Crippen LogP contribution in [0.3, 0.4) is 0 Å². The van der Waals surface area contributed by atoms with E-state index in [0.717, 1.165) is 28.8 Å². The smallest absolute Gasteiger partial charge is 0.477 e. The Morgan fingerprint density at radius 1 is 1.00 bits per heavy atom. The van der Waals surface area contributed by atoms with Gasteiger partial charge in [0.1, 0.15) is 0 Å². The maximum atomic E-state index is 11.0. The topological polar surface area (TPSA) is 176 Å². The molecule has 0 aromatic carbocycles. The van der Waals surface area contributed by atoms with Crippen LogP contribution in [0.2, 0.25) is 0 Å². The number of carbonyl (C=O) groups is 2. The third-order valence-corrected chi connectivity index (χ3v) is 4.56. The second-order valence-electron chi connectivity index (χ2n) is 4.36. The minimum absolute atomic E-state index is 0. The van der Waals surface area contributed by atoms with Crippen LogP contribution in [0.15, 0.2) is 0 Å². The number of aromatic carboxylic acids is 1. The first-order valence-electron chi connectivity index (χ1n) is 7.01. The molecule has 0 unspecified atom stereocenters. The summed E-state index contributed by atoms with van der Waals surface area (Å²) in [6.45, 7) is 7.37. The van der Waals surface area contributed by atoms with Crippen molar-refractivity contribution in [2.45, 2.75) is 27.7 Å². The van der Waals surface area contributed by atoms with Crippen LogP contribution in [0.4, 0.5) is 0 Å². The van der Waals surface area contributed by atoms with Crippen molar-refractivity contribution in [2.75, 3.05) is 6.61 Å². The number of carboxylic acids is 1. The van der Waals surface area contributed by atoms with Crippen molar-refractivity contribution >= 4 is 46.5 Å². The van der Waals surface area contributed by atoms with Crippen molar-refractivity contribution in [1.82, 2.24) is 34.9 Å². The van der Waals surface area contributed by atoms with Crippen LogP contribution < -0.4 is 35.7 Å². The summed E-state index contributed by atoms with van der Waals surface area (Å²) in [6.07, 6.45) is 0. The largest absolute Gasteiger partial charge is 1.00 e. The zero-order chi connectivity index (χ0) is 19.5. The molecule has 0 spiro atoms. The average molecular weight is 456 g/mol. The Kier molecular flexibility index (Phi) is 15.9. The molecular formula is C13H18N7NaO4S3. The molecule has 0 fully saturated rings. The third kappa shape index (κ3) is 10.2. The summed E-state index contributed by atoms with van der Waals surface area (Å²) in [7, 11) is 0. The first-order chi connectivity index (χ1) is 12.4. The summed E-state index contributed by atoms with van der Waals surface area (Å²) in [5.41, 5.74) is 1.99. The molecule has 28 heavy (non-hydrogen) atoms. The molecule has 3 rings (SSSR count). The summed E-state index contributed by atoms with van der Waals surface area (Å²) in [4.78, 5) is 22.0. The van der Waals surface area contributed by atoms with Crippen LogP contribution in [0.25, 0.3) is 0 Å². The second kappa shape index (κ2) is 15.5. The average Bonchev–Trinajstić information content (AvgIpc) is 3.31. The maximum Gasteiger partial charge on any atom is 1.00 e. The standard InChI is InChI=1S/C6H8N2O2S.C4H4N2O2S.C3H3N2S.H3N.Na/c1-3-10-6(9)5-4(2)7-8-11-5;1-2-3(4(7)8)9-6-5-2;1-3-2-6-5-4-3;;/h3H2,1-2H3;1H3,(H,7,8);1H3;1H3;/q;;-1;;+1. The number of aromatic nitrogens is 6. The molecule has 3 heterocycles. The van der Waals surface area contributed by atoms with Gasteiger partial charge < -0.3 is 21.4 Å². The molecule has 0 aliphatic heterocycles. The quantitative estimate of drug-likeness (QED) is 0.292. The van der Waals surface area contributed by atoms with Gasteiger partial charge in [0.15, 0.2) is 9.75 Å². The fourth-order valence-electron chi connectivity index (χ4n) is 1.23. The van der Waals surface area contributed by atoms with Gasteiger partial charge in [-0.1, -0.05) is 15.9 Å². The first kappa shape index (κ1) is 28.8. The van der Waals surface area contributed by atoms with Gasteiger partial charge in [0, 0.05) is 0 Å². The molecular weight excluding hydrogens is 437 g/mol. The number of hydrogen-bond donors (Lipinski definition) is 2. The molecule has 0 aliphatic carbocycles. The van der Waals surface area contributed by atoms with E-state index in [1.54, 1.807) is 20.8 Å². The molecule has 0 aliphatic rings. The van der Waals surface area contributed by atoms with Gasteiger partial charge in [-0.15, -0.1) is 20.4 Å². The van der Waals surface area contributed by atoms with Crippen molar-refractivity contribution in [2.24, 2.45) is 0 Å². The Hall–Kier alpha value is -1.42. The summed E-state index contributed by atoms with van der Waals surface area (Å²) < 4.78 is 15.4. The van der Waals surface area contributed by atoms with E-state index < -0.39 is 5.97 Å². The summed E-state index contributed by atoms with van der Waals surface area (Å²) in [6, 6.07) is 0.